The van der Waals surface area contributed by atoms with Gasteiger partial charge < -0.3 is 14.5 Å². The first-order valence-corrected chi connectivity index (χ1v) is 6.27. The summed E-state index contributed by atoms with van der Waals surface area (Å²) in [5.41, 5.74) is 1.16. The lowest BCUT2D eigenvalue weighted by Gasteiger charge is -2.38. The van der Waals surface area contributed by atoms with E-state index in [0.717, 1.165) is 25.3 Å². The van der Waals surface area contributed by atoms with Gasteiger partial charge in [0.25, 0.3) is 0 Å². The Morgan fingerprint density at radius 2 is 2.29 bits per heavy atom. The molecule has 0 bridgehead atoms. The molecular weight excluding hydrogens is 216 g/mol. The average molecular weight is 238 g/mol. The second-order valence-corrected chi connectivity index (χ2v) is 4.82. The molecule has 1 saturated heterocycles. The first kappa shape index (κ1) is 12.6. The minimum Gasteiger partial charge on any atom is -0.472 e. The van der Waals surface area contributed by atoms with Gasteiger partial charge in [0.05, 0.1) is 31.3 Å². The van der Waals surface area contributed by atoms with Gasteiger partial charge in [0, 0.05) is 24.7 Å². The van der Waals surface area contributed by atoms with E-state index in [4.69, 9.17) is 9.15 Å². The summed E-state index contributed by atoms with van der Waals surface area (Å²) in [6.45, 7) is 7.26. The lowest BCUT2D eigenvalue weighted by molar-refractivity contribution is -0.0551. The highest BCUT2D eigenvalue weighted by Crippen LogP contribution is 2.23. The second-order valence-electron chi connectivity index (χ2n) is 4.82. The summed E-state index contributed by atoms with van der Waals surface area (Å²) in [7, 11) is 1.97. The molecular formula is C13H22N2O2. The first-order chi connectivity index (χ1) is 8.22. The van der Waals surface area contributed by atoms with Crippen molar-refractivity contribution < 1.29 is 9.15 Å². The van der Waals surface area contributed by atoms with E-state index in [-0.39, 0.29) is 12.1 Å². The van der Waals surface area contributed by atoms with Crippen LogP contribution in [0.15, 0.2) is 23.0 Å². The van der Waals surface area contributed by atoms with E-state index in [0.29, 0.717) is 6.04 Å². The van der Waals surface area contributed by atoms with Crippen LogP contribution in [0, 0.1) is 0 Å². The molecule has 0 radical (unpaired) electrons. The number of rotatable bonds is 4. The Kier molecular flexibility index (Phi) is 4.20. The van der Waals surface area contributed by atoms with Crippen LogP contribution < -0.4 is 5.32 Å². The van der Waals surface area contributed by atoms with Gasteiger partial charge in [-0.25, -0.2) is 0 Å². The fourth-order valence-electron chi connectivity index (χ4n) is 2.39. The Bertz CT molecular complexity index is 324. The van der Waals surface area contributed by atoms with Crippen LogP contribution in [0.1, 0.15) is 25.5 Å². The zero-order valence-corrected chi connectivity index (χ0v) is 10.8. The van der Waals surface area contributed by atoms with Gasteiger partial charge >= 0.3 is 0 Å². The van der Waals surface area contributed by atoms with Crippen LogP contribution in [-0.2, 0) is 4.74 Å². The van der Waals surface area contributed by atoms with Crippen molar-refractivity contribution in [3.63, 3.8) is 0 Å². The maximum Gasteiger partial charge on any atom is 0.0951 e. The van der Waals surface area contributed by atoms with Gasteiger partial charge in [-0.1, -0.05) is 0 Å². The molecule has 0 amide bonds. The van der Waals surface area contributed by atoms with Crippen molar-refractivity contribution in [3.05, 3.63) is 24.2 Å². The maximum atomic E-state index is 5.89. The smallest absolute Gasteiger partial charge is 0.0951 e. The van der Waals surface area contributed by atoms with E-state index >= 15 is 0 Å². The molecule has 2 heterocycles. The number of ether oxygens (including phenoxy) is 1. The van der Waals surface area contributed by atoms with Crippen LogP contribution >= 0.6 is 0 Å². The zero-order valence-electron chi connectivity index (χ0n) is 10.8. The summed E-state index contributed by atoms with van der Waals surface area (Å²) in [6, 6.07) is 2.78. The molecule has 4 nitrogen and oxygen atoms in total. The van der Waals surface area contributed by atoms with Crippen LogP contribution in [0.2, 0.25) is 0 Å². The fourth-order valence-corrected chi connectivity index (χ4v) is 2.39. The number of nitrogens with one attached hydrogen (secondary N) is 1. The lowest BCUT2D eigenvalue weighted by Crippen LogP contribution is -2.49. The van der Waals surface area contributed by atoms with E-state index in [9.17, 15) is 0 Å². The molecule has 0 aromatic carbocycles. The maximum absolute atomic E-state index is 5.89. The van der Waals surface area contributed by atoms with Crippen LogP contribution in [0.3, 0.4) is 0 Å². The van der Waals surface area contributed by atoms with Crippen molar-refractivity contribution >= 4 is 0 Å². The highest BCUT2D eigenvalue weighted by Gasteiger charge is 2.29. The first-order valence-electron chi connectivity index (χ1n) is 6.27. The molecule has 1 aromatic rings. The summed E-state index contributed by atoms with van der Waals surface area (Å²) >= 11 is 0. The quantitative estimate of drug-likeness (QED) is 0.865. The van der Waals surface area contributed by atoms with Gasteiger partial charge in [-0.15, -0.1) is 0 Å². The molecule has 1 aliphatic rings. The van der Waals surface area contributed by atoms with E-state index in [1.165, 1.54) is 0 Å². The van der Waals surface area contributed by atoms with Crippen molar-refractivity contribution in [1.82, 2.24) is 10.2 Å². The van der Waals surface area contributed by atoms with Crippen molar-refractivity contribution in [3.8, 4) is 0 Å². The van der Waals surface area contributed by atoms with Gasteiger partial charge in [0.2, 0.25) is 0 Å². The predicted molar refractivity (Wildman–Crippen MR) is 67.0 cm³/mol. The van der Waals surface area contributed by atoms with E-state index in [1.807, 2.05) is 13.1 Å². The molecule has 4 heteroatoms. The number of furan rings is 1. The minimum atomic E-state index is 0.189. The van der Waals surface area contributed by atoms with Crippen LogP contribution in [-0.4, -0.2) is 43.8 Å². The molecule has 2 unspecified atom stereocenters. The van der Waals surface area contributed by atoms with E-state index in [1.54, 1.807) is 12.5 Å². The Hall–Kier alpha value is -0.840. The molecule has 0 aliphatic carbocycles. The van der Waals surface area contributed by atoms with Gasteiger partial charge in [-0.3, -0.25) is 4.90 Å². The summed E-state index contributed by atoms with van der Waals surface area (Å²) in [5.74, 6) is 0. The third-order valence-corrected chi connectivity index (χ3v) is 3.44. The molecule has 1 aliphatic heterocycles. The number of likely N-dealkylation sites (N-methyl/N-ethyl adjacent to an activating group) is 1. The average Bonchev–Trinajstić information content (AvgIpc) is 2.84. The van der Waals surface area contributed by atoms with Gasteiger partial charge in [0.1, 0.15) is 0 Å². The lowest BCUT2D eigenvalue weighted by atomic mass is 10.0. The summed E-state index contributed by atoms with van der Waals surface area (Å²) in [5, 5.41) is 3.32. The molecule has 96 valence electrons. The number of morpholine rings is 1. The molecule has 2 rings (SSSR count). The molecule has 0 spiro atoms. The summed E-state index contributed by atoms with van der Waals surface area (Å²) in [6.07, 6.45) is 3.69. The van der Waals surface area contributed by atoms with Crippen molar-refractivity contribution in [2.24, 2.45) is 0 Å². The van der Waals surface area contributed by atoms with Gasteiger partial charge in [0.15, 0.2) is 0 Å². The largest absolute Gasteiger partial charge is 0.472 e. The monoisotopic (exact) mass is 238 g/mol. The highest BCUT2D eigenvalue weighted by atomic mass is 16.5. The Morgan fingerprint density at radius 3 is 2.88 bits per heavy atom. The van der Waals surface area contributed by atoms with Gasteiger partial charge in [-0.05, 0) is 27.0 Å². The van der Waals surface area contributed by atoms with Crippen LogP contribution in [0.25, 0.3) is 0 Å². The normalized spacial score (nSPS) is 24.1. The van der Waals surface area contributed by atoms with Crippen LogP contribution in [0.4, 0.5) is 0 Å². The zero-order chi connectivity index (χ0) is 12.3. The molecule has 1 N–H and O–H groups in total. The number of nitrogens with zero attached hydrogens (tertiary/aromatic N) is 1. The third-order valence-electron chi connectivity index (χ3n) is 3.44. The molecule has 2 atom stereocenters. The third kappa shape index (κ3) is 2.89. The number of hydrogen-bond acceptors (Lipinski definition) is 4. The summed E-state index contributed by atoms with van der Waals surface area (Å²) in [4.78, 5) is 2.46. The molecule has 0 saturated carbocycles. The van der Waals surface area contributed by atoms with E-state index in [2.05, 4.69) is 24.1 Å². The molecule has 1 aromatic heterocycles. The number of hydrogen-bond donors (Lipinski definition) is 1. The van der Waals surface area contributed by atoms with E-state index < -0.39 is 0 Å². The second kappa shape index (κ2) is 5.67. The molecule has 1 fully saturated rings. The summed E-state index contributed by atoms with van der Waals surface area (Å²) < 4.78 is 11.0. The van der Waals surface area contributed by atoms with Gasteiger partial charge in [-0.2, -0.15) is 0 Å². The Labute approximate surface area is 103 Å². The van der Waals surface area contributed by atoms with Crippen molar-refractivity contribution in [2.75, 3.05) is 26.7 Å². The Balaban J connectivity index is 2.04. The predicted octanol–water partition coefficient (Wildman–Crippen LogP) is 1.65. The Morgan fingerprint density at radius 1 is 1.47 bits per heavy atom. The van der Waals surface area contributed by atoms with Crippen LogP contribution in [0.5, 0.6) is 0 Å². The standard InChI is InChI=1S/C13H22N2O2/c1-10(2)15-5-7-17-12(8-15)13(14-3)11-4-6-16-9-11/h4,6,9-10,12-14H,5,7-8H2,1-3H3. The highest BCUT2D eigenvalue weighted by molar-refractivity contribution is 5.14. The van der Waals surface area contributed by atoms with Crippen molar-refractivity contribution in [2.45, 2.75) is 32.0 Å². The topological polar surface area (TPSA) is 37.6 Å². The minimum absolute atomic E-state index is 0.189. The fraction of sp³-hybridized carbons (Fsp3) is 0.692. The van der Waals surface area contributed by atoms with Crippen molar-refractivity contribution in [1.29, 1.82) is 0 Å². The molecule has 17 heavy (non-hydrogen) atoms. The SMILES string of the molecule is CNC(c1ccoc1)C1CN(C(C)C)CCO1.